The third kappa shape index (κ3) is 6.43. The highest BCUT2D eigenvalue weighted by atomic mass is 32.2. The monoisotopic (exact) mass is 485 g/mol. The third-order valence-electron chi connectivity index (χ3n) is 4.71. The van der Waals surface area contributed by atoms with Crippen LogP contribution in [-0.4, -0.2) is 16.1 Å². The number of carbonyl (C=O) groups excluding carboxylic acids is 1. The Bertz CT molecular complexity index is 1230. The molecule has 0 fully saturated rings. The number of aromatic nitrogens is 2. The van der Waals surface area contributed by atoms with Gasteiger partial charge in [0.15, 0.2) is 4.34 Å². The predicted molar refractivity (Wildman–Crippen MR) is 125 cm³/mol. The number of nitrogens with one attached hydrogen (secondary N) is 1. The molecule has 4 aromatic rings. The molecule has 4 nitrogen and oxygen atoms in total. The zero-order valence-electron chi connectivity index (χ0n) is 17.2. The molecule has 1 N–H and O–H groups in total. The Morgan fingerprint density at radius 3 is 2.30 bits per heavy atom. The minimum absolute atomic E-state index is 0.299. The maximum Gasteiger partial charge on any atom is 0.416 e. The molecule has 0 atom stereocenters. The Morgan fingerprint density at radius 1 is 0.879 bits per heavy atom. The summed E-state index contributed by atoms with van der Waals surface area (Å²) < 4.78 is 39.1. The summed E-state index contributed by atoms with van der Waals surface area (Å²) in [4.78, 5) is 12.5. The van der Waals surface area contributed by atoms with Crippen LogP contribution in [-0.2, 0) is 18.3 Å². The van der Waals surface area contributed by atoms with E-state index in [-0.39, 0.29) is 5.91 Å². The van der Waals surface area contributed by atoms with E-state index in [0.717, 1.165) is 24.1 Å². The molecule has 0 saturated carbocycles. The Balaban J connectivity index is 1.32. The number of hydrogen-bond donors (Lipinski definition) is 1. The smallest absolute Gasteiger partial charge is 0.296 e. The minimum atomic E-state index is -4.37. The van der Waals surface area contributed by atoms with Gasteiger partial charge in [0.25, 0.3) is 5.91 Å². The SMILES string of the molecule is O=C(Nc1nnc(SCc2cccc(C(F)(F)F)c2)s1)c1ccc(Cc2ccccc2)cc1. The number of carbonyl (C=O) groups is 1. The van der Waals surface area contributed by atoms with Crippen molar-refractivity contribution in [2.75, 3.05) is 5.32 Å². The number of anilines is 1. The lowest BCUT2D eigenvalue weighted by Crippen LogP contribution is -2.11. The highest BCUT2D eigenvalue weighted by Crippen LogP contribution is 2.32. The number of alkyl halides is 3. The first-order chi connectivity index (χ1) is 15.9. The summed E-state index contributed by atoms with van der Waals surface area (Å²) in [6.45, 7) is 0. The van der Waals surface area contributed by atoms with Crippen molar-refractivity contribution in [2.24, 2.45) is 0 Å². The zero-order valence-corrected chi connectivity index (χ0v) is 18.8. The molecule has 0 aliphatic rings. The molecule has 9 heteroatoms. The molecule has 1 aromatic heterocycles. The summed E-state index contributed by atoms with van der Waals surface area (Å²) in [6, 6.07) is 22.6. The standard InChI is InChI=1S/C24H18F3N3OS2/c25-24(26,27)20-8-4-7-18(14-20)15-32-23-30-29-22(33-23)28-21(31)19-11-9-17(10-12-19)13-16-5-2-1-3-6-16/h1-12,14H,13,15H2,(H,28,29,31). The van der Waals surface area contributed by atoms with Crippen LogP contribution in [0.2, 0.25) is 0 Å². The maximum atomic E-state index is 12.8. The van der Waals surface area contributed by atoms with Crippen molar-refractivity contribution < 1.29 is 18.0 Å². The van der Waals surface area contributed by atoms with E-state index in [1.165, 1.54) is 34.7 Å². The Morgan fingerprint density at radius 2 is 1.58 bits per heavy atom. The van der Waals surface area contributed by atoms with Crippen molar-refractivity contribution in [2.45, 2.75) is 22.7 Å². The second-order valence-electron chi connectivity index (χ2n) is 7.17. The molecular formula is C24H18F3N3OS2. The predicted octanol–water partition coefficient (Wildman–Crippen LogP) is 6.69. The van der Waals surface area contributed by atoms with E-state index in [1.807, 2.05) is 30.3 Å². The van der Waals surface area contributed by atoms with Crippen LogP contribution in [0.25, 0.3) is 0 Å². The largest absolute Gasteiger partial charge is 0.416 e. The van der Waals surface area contributed by atoms with Crippen molar-refractivity contribution in [3.8, 4) is 0 Å². The minimum Gasteiger partial charge on any atom is -0.296 e. The summed E-state index contributed by atoms with van der Waals surface area (Å²) in [5.41, 5.74) is 2.65. The van der Waals surface area contributed by atoms with Crippen molar-refractivity contribution in [3.05, 3.63) is 107 Å². The first kappa shape index (κ1) is 23.0. The van der Waals surface area contributed by atoms with Crippen molar-refractivity contribution in [3.63, 3.8) is 0 Å². The van der Waals surface area contributed by atoms with E-state index in [2.05, 4.69) is 27.6 Å². The van der Waals surface area contributed by atoms with Crippen LogP contribution in [0.5, 0.6) is 0 Å². The molecule has 0 saturated heterocycles. The topological polar surface area (TPSA) is 54.9 Å². The van der Waals surface area contributed by atoms with E-state index in [4.69, 9.17) is 0 Å². The maximum absolute atomic E-state index is 12.8. The number of halogens is 3. The second-order valence-corrected chi connectivity index (χ2v) is 9.37. The van der Waals surface area contributed by atoms with Crippen LogP contribution >= 0.6 is 23.1 Å². The van der Waals surface area contributed by atoms with E-state index in [1.54, 1.807) is 18.2 Å². The van der Waals surface area contributed by atoms with Crippen LogP contribution in [0.1, 0.15) is 32.6 Å². The molecule has 0 spiro atoms. The summed E-state index contributed by atoms with van der Waals surface area (Å²) >= 11 is 2.44. The second kappa shape index (κ2) is 10.2. The van der Waals surface area contributed by atoms with Gasteiger partial charge in [0, 0.05) is 11.3 Å². The van der Waals surface area contributed by atoms with Gasteiger partial charge >= 0.3 is 6.18 Å². The van der Waals surface area contributed by atoms with Crippen molar-refractivity contribution >= 4 is 34.1 Å². The fraction of sp³-hybridized carbons (Fsp3) is 0.125. The molecule has 168 valence electrons. The lowest BCUT2D eigenvalue weighted by Gasteiger charge is -2.07. The molecule has 4 rings (SSSR count). The van der Waals surface area contributed by atoms with Gasteiger partial charge < -0.3 is 0 Å². The van der Waals surface area contributed by atoms with Gasteiger partial charge in [-0.25, -0.2) is 0 Å². The molecular weight excluding hydrogens is 467 g/mol. The lowest BCUT2D eigenvalue weighted by molar-refractivity contribution is -0.137. The van der Waals surface area contributed by atoms with Crippen LogP contribution < -0.4 is 5.32 Å². The molecule has 0 aliphatic carbocycles. The molecule has 3 aromatic carbocycles. The van der Waals surface area contributed by atoms with E-state index < -0.39 is 11.7 Å². The number of benzene rings is 3. The third-order valence-corrected chi connectivity index (χ3v) is 6.75. The average Bonchev–Trinajstić information content (AvgIpc) is 3.26. The average molecular weight is 486 g/mol. The van der Waals surface area contributed by atoms with Crippen LogP contribution in [0, 0.1) is 0 Å². The van der Waals surface area contributed by atoms with E-state index in [9.17, 15) is 18.0 Å². The number of rotatable bonds is 7. The fourth-order valence-corrected chi connectivity index (χ4v) is 4.77. The quantitative estimate of drug-likeness (QED) is 0.234. The summed E-state index contributed by atoms with van der Waals surface area (Å²) in [5.74, 6) is 0.0156. The van der Waals surface area contributed by atoms with Gasteiger partial charge in [0.1, 0.15) is 0 Å². The van der Waals surface area contributed by atoms with E-state index >= 15 is 0 Å². The molecule has 0 aliphatic heterocycles. The molecule has 0 unspecified atom stereocenters. The number of thioether (sulfide) groups is 1. The normalized spacial score (nSPS) is 11.4. The molecule has 1 heterocycles. The lowest BCUT2D eigenvalue weighted by atomic mass is 10.0. The highest BCUT2D eigenvalue weighted by molar-refractivity contribution is 8.00. The fourth-order valence-electron chi connectivity index (χ4n) is 3.08. The number of amides is 1. The van der Waals surface area contributed by atoms with Gasteiger partial charge in [-0.3, -0.25) is 10.1 Å². The van der Waals surface area contributed by atoms with Crippen LogP contribution in [0.15, 0.2) is 83.2 Å². The van der Waals surface area contributed by atoms with Gasteiger partial charge in [0.05, 0.1) is 5.56 Å². The van der Waals surface area contributed by atoms with Crippen LogP contribution in [0.4, 0.5) is 18.3 Å². The molecule has 33 heavy (non-hydrogen) atoms. The van der Waals surface area contributed by atoms with Gasteiger partial charge in [-0.15, -0.1) is 10.2 Å². The highest BCUT2D eigenvalue weighted by Gasteiger charge is 2.30. The Labute approximate surface area is 196 Å². The van der Waals surface area contributed by atoms with Gasteiger partial charge in [-0.05, 0) is 41.3 Å². The zero-order chi connectivity index (χ0) is 23.3. The van der Waals surface area contributed by atoms with Gasteiger partial charge in [-0.1, -0.05) is 83.8 Å². The van der Waals surface area contributed by atoms with E-state index in [0.29, 0.717) is 26.4 Å². The molecule has 0 bridgehead atoms. The Hall–Kier alpha value is -3.17. The van der Waals surface area contributed by atoms with Crippen LogP contribution in [0.3, 0.4) is 0 Å². The van der Waals surface area contributed by atoms with Gasteiger partial charge in [-0.2, -0.15) is 13.2 Å². The first-order valence-corrected chi connectivity index (χ1v) is 11.7. The number of nitrogens with zero attached hydrogens (tertiary/aromatic N) is 2. The first-order valence-electron chi connectivity index (χ1n) is 9.93. The summed E-state index contributed by atoms with van der Waals surface area (Å²) in [6.07, 6.45) is -3.59. The Kier molecular flexibility index (Phi) is 7.10. The summed E-state index contributed by atoms with van der Waals surface area (Å²) in [5, 5.41) is 11.0. The molecule has 0 radical (unpaired) electrons. The molecule has 1 amide bonds. The summed E-state index contributed by atoms with van der Waals surface area (Å²) in [7, 11) is 0. The van der Waals surface area contributed by atoms with Crippen molar-refractivity contribution in [1.29, 1.82) is 0 Å². The van der Waals surface area contributed by atoms with Crippen molar-refractivity contribution in [1.82, 2.24) is 10.2 Å². The number of hydrogen-bond acceptors (Lipinski definition) is 5. The van der Waals surface area contributed by atoms with Gasteiger partial charge in [0.2, 0.25) is 5.13 Å².